The Morgan fingerprint density at radius 2 is 1.75 bits per heavy atom. The lowest BCUT2D eigenvalue weighted by molar-refractivity contribution is -0.139. The molecule has 4 N–H and O–H groups in total. The van der Waals surface area contributed by atoms with E-state index >= 15 is 0 Å². The van der Waals surface area contributed by atoms with Crippen molar-refractivity contribution in [3.8, 4) is 0 Å². The molecular formula is C29H26ClN5O8S. The highest BCUT2D eigenvalue weighted by Gasteiger charge is 2.36. The van der Waals surface area contributed by atoms with Crippen molar-refractivity contribution in [2.45, 2.75) is 30.4 Å². The van der Waals surface area contributed by atoms with E-state index < -0.39 is 58.9 Å². The molecule has 15 heteroatoms. The number of benzene rings is 3. The first-order chi connectivity index (χ1) is 20.9. The SMILES string of the molecule is CC(=O)Nc1ccc(S(=O)(=O)NC2N=C(c3ccccc3)c3ccccc3N(CC(=O)N[C@H](C=O)CC(=O)O)C2=O)cc1Cl. The maximum atomic E-state index is 14.0. The van der Waals surface area contributed by atoms with Gasteiger partial charge in [0.25, 0.3) is 5.91 Å². The van der Waals surface area contributed by atoms with E-state index in [9.17, 15) is 32.4 Å². The number of aldehydes is 1. The van der Waals surface area contributed by atoms with Crippen LogP contribution in [0.4, 0.5) is 11.4 Å². The summed E-state index contributed by atoms with van der Waals surface area (Å²) in [4.78, 5) is 66.0. The molecule has 0 saturated heterocycles. The largest absolute Gasteiger partial charge is 0.481 e. The molecule has 0 saturated carbocycles. The number of nitrogens with zero attached hydrogens (tertiary/aromatic N) is 2. The molecule has 3 aromatic rings. The van der Waals surface area contributed by atoms with E-state index in [1.807, 2.05) is 0 Å². The standard InChI is InChI=1S/C29H26ClN5O8S/c1-17(37)31-23-12-11-20(14-22(23)30)44(42,43)34-28-29(41)35(15-25(38)32-19(16-36)13-26(39)40)24-10-6-5-9-21(24)27(33-28)18-7-3-2-4-8-18/h2-12,14,16,19,28,34H,13,15H2,1H3,(H,31,37)(H,32,38)(H,39,40)/t19-,28?/m0/s1. The van der Waals surface area contributed by atoms with Crippen LogP contribution in [0.5, 0.6) is 0 Å². The quantitative estimate of drug-likeness (QED) is 0.229. The molecule has 0 spiro atoms. The summed E-state index contributed by atoms with van der Waals surface area (Å²) in [7, 11) is -4.47. The van der Waals surface area contributed by atoms with Gasteiger partial charge in [0.1, 0.15) is 12.8 Å². The number of carboxylic acids is 1. The summed E-state index contributed by atoms with van der Waals surface area (Å²) in [6.07, 6.45) is -2.18. The van der Waals surface area contributed by atoms with E-state index in [0.29, 0.717) is 11.1 Å². The fourth-order valence-corrected chi connectivity index (χ4v) is 5.78. The van der Waals surface area contributed by atoms with Gasteiger partial charge in [-0.05, 0) is 24.3 Å². The van der Waals surface area contributed by atoms with Crippen LogP contribution in [0, 0.1) is 0 Å². The number of benzodiazepines with no additional fused rings is 1. The fourth-order valence-electron chi connectivity index (χ4n) is 4.38. The molecule has 3 amide bonds. The monoisotopic (exact) mass is 639 g/mol. The molecule has 0 aliphatic carbocycles. The number of fused-ring (bicyclic) bond motifs is 1. The molecule has 0 fully saturated rings. The molecule has 0 aromatic heterocycles. The van der Waals surface area contributed by atoms with E-state index in [0.717, 1.165) is 11.0 Å². The Morgan fingerprint density at radius 1 is 1.07 bits per heavy atom. The number of hydrogen-bond acceptors (Lipinski definition) is 8. The summed E-state index contributed by atoms with van der Waals surface area (Å²) in [5.74, 6) is -3.53. The van der Waals surface area contributed by atoms with Crippen LogP contribution < -0.4 is 20.3 Å². The number of amides is 3. The van der Waals surface area contributed by atoms with Gasteiger partial charge >= 0.3 is 5.97 Å². The number of aliphatic imine (C=N–C) groups is 1. The maximum absolute atomic E-state index is 14.0. The van der Waals surface area contributed by atoms with E-state index in [-0.39, 0.29) is 33.3 Å². The van der Waals surface area contributed by atoms with Gasteiger partial charge < -0.3 is 20.5 Å². The van der Waals surface area contributed by atoms with E-state index in [1.165, 1.54) is 19.1 Å². The Kier molecular flexibility index (Phi) is 9.88. The third kappa shape index (κ3) is 7.53. The van der Waals surface area contributed by atoms with Gasteiger partial charge in [-0.3, -0.25) is 29.1 Å². The third-order valence-corrected chi connectivity index (χ3v) is 8.01. The molecule has 2 atom stereocenters. The summed E-state index contributed by atoms with van der Waals surface area (Å²) in [6, 6.07) is 17.4. The molecular weight excluding hydrogens is 614 g/mol. The highest BCUT2D eigenvalue weighted by atomic mass is 35.5. The van der Waals surface area contributed by atoms with Crippen molar-refractivity contribution in [2.75, 3.05) is 16.8 Å². The maximum Gasteiger partial charge on any atom is 0.305 e. The number of anilines is 2. The van der Waals surface area contributed by atoms with Crippen LogP contribution >= 0.6 is 11.6 Å². The predicted octanol–water partition coefficient (Wildman–Crippen LogP) is 1.95. The lowest BCUT2D eigenvalue weighted by Crippen LogP contribution is -2.51. The molecule has 0 radical (unpaired) electrons. The van der Waals surface area contributed by atoms with Gasteiger partial charge in [0.15, 0.2) is 6.17 Å². The van der Waals surface area contributed by atoms with Crippen molar-refractivity contribution in [3.63, 3.8) is 0 Å². The highest BCUT2D eigenvalue weighted by Crippen LogP contribution is 2.29. The average Bonchev–Trinajstić information content (AvgIpc) is 3.08. The van der Waals surface area contributed by atoms with Gasteiger partial charge in [-0.1, -0.05) is 60.1 Å². The number of para-hydroxylation sites is 1. The van der Waals surface area contributed by atoms with E-state index in [1.54, 1.807) is 54.6 Å². The fraction of sp³-hybridized carbons (Fsp3) is 0.172. The summed E-state index contributed by atoms with van der Waals surface area (Å²) in [6.45, 7) is 0.574. The number of carbonyl (C=O) groups is 5. The van der Waals surface area contributed by atoms with Crippen LogP contribution in [0.2, 0.25) is 5.02 Å². The smallest absolute Gasteiger partial charge is 0.305 e. The second-order valence-electron chi connectivity index (χ2n) is 9.54. The minimum atomic E-state index is -4.47. The van der Waals surface area contributed by atoms with Gasteiger partial charge in [0.05, 0.1) is 39.5 Å². The Bertz CT molecular complexity index is 1760. The Hall–Kier alpha value is -4.92. The number of halogens is 1. The van der Waals surface area contributed by atoms with Crippen LogP contribution in [0.25, 0.3) is 0 Å². The van der Waals surface area contributed by atoms with Crippen molar-refractivity contribution in [3.05, 3.63) is 88.9 Å². The number of nitrogens with one attached hydrogen (secondary N) is 3. The van der Waals surface area contributed by atoms with Crippen molar-refractivity contribution < 1.29 is 37.5 Å². The molecule has 1 aliphatic rings. The highest BCUT2D eigenvalue weighted by molar-refractivity contribution is 7.89. The van der Waals surface area contributed by atoms with Crippen LogP contribution in [-0.2, 0) is 34.0 Å². The van der Waals surface area contributed by atoms with E-state index in [4.69, 9.17) is 16.7 Å². The number of sulfonamides is 1. The van der Waals surface area contributed by atoms with Crippen LogP contribution in [0.3, 0.4) is 0 Å². The predicted molar refractivity (Wildman–Crippen MR) is 161 cm³/mol. The van der Waals surface area contributed by atoms with Crippen LogP contribution in [0.15, 0.2) is 82.7 Å². The zero-order valence-corrected chi connectivity index (χ0v) is 24.6. The van der Waals surface area contributed by atoms with Crippen LogP contribution in [0.1, 0.15) is 24.5 Å². The van der Waals surface area contributed by atoms with Gasteiger partial charge in [0.2, 0.25) is 21.8 Å². The number of hydrogen-bond donors (Lipinski definition) is 4. The molecule has 0 bridgehead atoms. The van der Waals surface area contributed by atoms with Crippen molar-refractivity contribution >= 4 is 68.7 Å². The van der Waals surface area contributed by atoms with Crippen molar-refractivity contribution in [1.82, 2.24) is 10.0 Å². The number of rotatable bonds is 11. The molecule has 1 aliphatic heterocycles. The van der Waals surface area contributed by atoms with Gasteiger partial charge in [-0.25, -0.2) is 8.42 Å². The lowest BCUT2D eigenvalue weighted by atomic mass is 10.0. The molecule has 13 nitrogen and oxygen atoms in total. The molecule has 228 valence electrons. The summed E-state index contributed by atoms with van der Waals surface area (Å²) in [5.41, 5.74) is 1.61. The van der Waals surface area contributed by atoms with Gasteiger partial charge in [0, 0.05) is 18.1 Å². The third-order valence-electron chi connectivity index (χ3n) is 6.29. The lowest BCUT2D eigenvalue weighted by Gasteiger charge is -2.25. The minimum absolute atomic E-state index is 0.0689. The normalized spacial score (nSPS) is 15.3. The molecule has 1 unspecified atom stereocenters. The van der Waals surface area contributed by atoms with Gasteiger partial charge in [-0.15, -0.1) is 0 Å². The number of aliphatic carboxylic acids is 1. The Labute approximate surface area is 257 Å². The van der Waals surface area contributed by atoms with Crippen molar-refractivity contribution in [2.24, 2.45) is 4.99 Å². The molecule has 1 heterocycles. The first-order valence-corrected chi connectivity index (χ1v) is 14.9. The van der Waals surface area contributed by atoms with Crippen LogP contribution in [-0.4, -0.2) is 68.0 Å². The summed E-state index contributed by atoms with van der Waals surface area (Å²) < 4.78 is 29.3. The number of carbonyl (C=O) groups excluding carboxylic acids is 4. The average molecular weight is 640 g/mol. The van der Waals surface area contributed by atoms with Gasteiger partial charge in [-0.2, -0.15) is 4.72 Å². The zero-order chi connectivity index (χ0) is 32.0. The topological polar surface area (TPSA) is 191 Å². The Morgan fingerprint density at radius 3 is 2.39 bits per heavy atom. The summed E-state index contributed by atoms with van der Waals surface area (Å²) in [5, 5.41) is 13.7. The zero-order valence-electron chi connectivity index (χ0n) is 23.1. The first-order valence-electron chi connectivity index (χ1n) is 13.0. The second-order valence-corrected chi connectivity index (χ2v) is 11.7. The first kappa shape index (κ1) is 32.0. The van der Waals surface area contributed by atoms with Crippen molar-refractivity contribution in [1.29, 1.82) is 0 Å². The molecule has 4 rings (SSSR count). The molecule has 44 heavy (non-hydrogen) atoms. The summed E-state index contributed by atoms with van der Waals surface area (Å²) >= 11 is 6.19. The number of carboxylic acid groups (broad SMARTS) is 1. The van der Waals surface area contributed by atoms with E-state index in [2.05, 4.69) is 20.3 Å². The molecule has 3 aromatic carbocycles. The Balaban J connectivity index is 1.76. The second kappa shape index (κ2) is 13.6. The minimum Gasteiger partial charge on any atom is -0.481 e.